The highest BCUT2D eigenvalue weighted by Gasteiger charge is 2.36. The Balaban J connectivity index is 1.82. The van der Waals surface area contributed by atoms with Gasteiger partial charge in [0.15, 0.2) is 0 Å². The van der Waals surface area contributed by atoms with Gasteiger partial charge in [-0.3, -0.25) is 9.69 Å². The molecule has 1 aliphatic heterocycles. The zero-order valence-corrected chi connectivity index (χ0v) is 11.8. The standard InChI is InChI=1S/C15H22N2O3/c1-12-3-2-4-13(9-12)20-11-15(19)6-8-17(10-15)7-5-14(16)18/h2-4,9,19H,5-8,10-11H2,1H3,(H2,16,18)/t15-/m0/s1. The van der Waals surface area contributed by atoms with Crippen molar-refractivity contribution in [3.05, 3.63) is 29.8 Å². The molecule has 1 saturated heterocycles. The average Bonchev–Trinajstić information content (AvgIpc) is 2.77. The smallest absolute Gasteiger partial charge is 0.218 e. The summed E-state index contributed by atoms with van der Waals surface area (Å²) in [6.07, 6.45) is 0.979. The van der Waals surface area contributed by atoms with Gasteiger partial charge in [0.25, 0.3) is 0 Å². The Morgan fingerprint density at radius 3 is 3.05 bits per heavy atom. The fourth-order valence-corrected chi connectivity index (χ4v) is 2.44. The minimum atomic E-state index is -0.846. The van der Waals surface area contributed by atoms with Crippen molar-refractivity contribution in [2.45, 2.75) is 25.4 Å². The van der Waals surface area contributed by atoms with E-state index in [-0.39, 0.29) is 12.5 Å². The molecule has 0 spiro atoms. The Kier molecular flexibility index (Phi) is 4.62. The summed E-state index contributed by atoms with van der Waals surface area (Å²) in [6.45, 7) is 4.15. The van der Waals surface area contributed by atoms with Gasteiger partial charge in [-0.25, -0.2) is 0 Å². The van der Waals surface area contributed by atoms with Gasteiger partial charge in [-0.05, 0) is 31.0 Å². The number of hydrogen-bond acceptors (Lipinski definition) is 4. The van der Waals surface area contributed by atoms with Gasteiger partial charge in [0.1, 0.15) is 18.0 Å². The number of carbonyl (C=O) groups excluding carboxylic acids is 1. The van der Waals surface area contributed by atoms with Crippen molar-refractivity contribution in [1.29, 1.82) is 0 Å². The van der Waals surface area contributed by atoms with Gasteiger partial charge < -0.3 is 15.6 Å². The van der Waals surface area contributed by atoms with Gasteiger partial charge in [-0.15, -0.1) is 0 Å². The largest absolute Gasteiger partial charge is 0.491 e. The molecule has 1 heterocycles. The SMILES string of the molecule is Cc1cccc(OC[C@]2(O)CCN(CCC(N)=O)C2)c1. The summed E-state index contributed by atoms with van der Waals surface area (Å²) in [5.74, 6) is 0.463. The monoisotopic (exact) mass is 278 g/mol. The third-order valence-corrected chi connectivity index (χ3v) is 3.58. The lowest BCUT2D eigenvalue weighted by Crippen LogP contribution is -2.39. The molecule has 1 aromatic rings. The number of carbonyl (C=O) groups is 1. The summed E-state index contributed by atoms with van der Waals surface area (Å²) in [6, 6.07) is 7.77. The number of nitrogens with two attached hydrogens (primary N) is 1. The van der Waals surface area contributed by atoms with E-state index in [2.05, 4.69) is 0 Å². The van der Waals surface area contributed by atoms with Crippen LogP contribution in [0.5, 0.6) is 5.75 Å². The van der Waals surface area contributed by atoms with Crippen molar-refractivity contribution in [3.63, 3.8) is 0 Å². The Hall–Kier alpha value is -1.59. The second-order valence-corrected chi connectivity index (χ2v) is 5.57. The molecule has 0 aliphatic carbocycles. The van der Waals surface area contributed by atoms with E-state index in [4.69, 9.17) is 10.5 Å². The highest BCUT2D eigenvalue weighted by molar-refractivity contribution is 5.73. The highest BCUT2D eigenvalue weighted by atomic mass is 16.5. The molecule has 1 amide bonds. The van der Waals surface area contributed by atoms with Crippen molar-refractivity contribution < 1.29 is 14.6 Å². The molecule has 1 aliphatic rings. The number of nitrogens with zero attached hydrogens (tertiary/aromatic N) is 1. The maximum atomic E-state index is 10.8. The lowest BCUT2D eigenvalue weighted by Gasteiger charge is -2.23. The van der Waals surface area contributed by atoms with Gasteiger partial charge in [-0.2, -0.15) is 0 Å². The molecular formula is C15H22N2O3. The first-order chi connectivity index (χ1) is 9.47. The Morgan fingerprint density at radius 2 is 2.35 bits per heavy atom. The first-order valence-corrected chi connectivity index (χ1v) is 6.89. The Labute approximate surface area is 119 Å². The summed E-state index contributed by atoms with van der Waals surface area (Å²) >= 11 is 0. The zero-order chi connectivity index (χ0) is 14.6. The number of primary amides is 1. The molecular weight excluding hydrogens is 256 g/mol. The van der Waals surface area contributed by atoms with E-state index >= 15 is 0 Å². The number of likely N-dealkylation sites (tertiary alicyclic amines) is 1. The molecule has 1 fully saturated rings. The van der Waals surface area contributed by atoms with E-state index in [0.29, 0.717) is 25.9 Å². The van der Waals surface area contributed by atoms with E-state index in [1.165, 1.54) is 0 Å². The van der Waals surface area contributed by atoms with Crippen molar-refractivity contribution in [3.8, 4) is 5.75 Å². The normalized spacial score (nSPS) is 22.9. The summed E-state index contributed by atoms with van der Waals surface area (Å²) in [7, 11) is 0. The number of amides is 1. The van der Waals surface area contributed by atoms with Crippen LogP contribution in [0.1, 0.15) is 18.4 Å². The number of rotatable bonds is 6. The lowest BCUT2D eigenvalue weighted by atomic mass is 10.1. The second-order valence-electron chi connectivity index (χ2n) is 5.57. The first kappa shape index (κ1) is 14.8. The summed E-state index contributed by atoms with van der Waals surface area (Å²) in [5, 5.41) is 10.5. The van der Waals surface area contributed by atoms with E-state index in [9.17, 15) is 9.90 Å². The van der Waals surface area contributed by atoms with Gasteiger partial charge in [-0.1, -0.05) is 12.1 Å². The molecule has 110 valence electrons. The number of aryl methyl sites for hydroxylation is 1. The number of ether oxygens (including phenoxy) is 1. The highest BCUT2D eigenvalue weighted by Crippen LogP contribution is 2.23. The average molecular weight is 278 g/mol. The summed E-state index contributed by atoms with van der Waals surface area (Å²) < 4.78 is 5.68. The molecule has 0 radical (unpaired) electrons. The first-order valence-electron chi connectivity index (χ1n) is 6.89. The van der Waals surface area contributed by atoms with Gasteiger partial charge in [0.2, 0.25) is 5.91 Å². The number of hydrogen-bond donors (Lipinski definition) is 2. The molecule has 1 atom stereocenters. The molecule has 20 heavy (non-hydrogen) atoms. The van der Waals surface area contributed by atoms with Gasteiger partial charge in [0, 0.05) is 26.1 Å². The fraction of sp³-hybridized carbons (Fsp3) is 0.533. The zero-order valence-electron chi connectivity index (χ0n) is 11.8. The molecule has 5 heteroatoms. The number of β-amino-alcohol motifs (C(OH)–C–C–N with tert-alkyl or cyclic N) is 1. The van der Waals surface area contributed by atoms with Crippen LogP contribution in [0.15, 0.2) is 24.3 Å². The van der Waals surface area contributed by atoms with Crippen LogP contribution in [0, 0.1) is 6.92 Å². The molecule has 2 rings (SSSR count). The summed E-state index contributed by atoms with van der Waals surface area (Å²) in [5.41, 5.74) is 5.42. The quantitative estimate of drug-likeness (QED) is 0.802. The maximum absolute atomic E-state index is 10.8. The van der Waals surface area contributed by atoms with Crippen molar-refractivity contribution >= 4 is 5.91 Å². The van der Waals surface area contributed by atoms with Gasteiger partial charge in [0.05, 0.1) is 0 Å². The third kappa shape index (κ3) is 4.21. The van der Waals surface area contributed by atoms with E-state index in [1.807, 2.05) is 36.1 Å². The van der Waals surface area contributed by atoms with Crippen molar-refractivity contribution in [1.82, 2.24) is 4.90 Å². The van der Waals surface area contributed by atoms with Crippen LogP contribution in [-0.4, -0.2) is 47.8 Å². The lowest BCUT2D eigenvalue weighted by molar-refractivity contribution is -0.118. The second kappa shape index (κ2) is 6.24. The molecule has 5 nitrogen and oxygen atoms in total. The minimum Gasteiger partial charge on any atom is -0.491 e. The molecule has 0 bridgehead atoms. The summed E-state index contributed by atoms with van der Waals surface area (Å²) in [4.78, 5) is 12.8. The predicted molar refractivity (Wildman–Crippen MR) is 76.5 cm³/mol. The predicted octanol–water partition coefficient (Wildman–Crippen LogP) is 0.686. The molecule has 1 aromatic carbocycles. The van der Waals surface area contributed by atoms with Crippen LogP contribution in [-0.2, 0) is 4.79 Å². The van der Waals surface area contributed by atoms with Crippen LogP contribution >= 0.6 is 0 Å². The van der Waals surface area contributed by atoms with Crippen LogP contribution in [0.2, 0.25) is 0 Å². The fourth-order valence-electron chi connectivity index (χ4n) is 2.44. The van der Waals surface area contributed by atoms with Crippen LogP contribution in [0.25, 0.3) is 0 Å². The third-order valence-electron chi connectivity index (χ3n) is 3.58. The molecule has 0 saturated carbocycles. The molecule has 0 unspecified atom stereocenters. The van der Waals surface area contributed by atoms with Crippen LogP contribution in [0.4, 0.5) is 0 Å². The van der Waals surface area contributed by atoms with Crippen molar-refractivity contribution in [2.24, 2.45) is 5.73 Å². The van der Waals surface area contributed by atoms with E-state index in [0.717, 1.165) is 17.9 Å². The van der Waals surface area contributed by atoms with Crippen molar-refractivity contribution in [2.75, 3.05) is 26.2 Å². The van der Waals surface area contributed by atoms with Crippen LogP contribution in [0.3, 0.4) is 0 Å². The maximum Gasteiger partial charge on any atom is 0.218 e. The Bertz CT molecular complexity index is 478. The Morgan fingerprint density at radius 1 is 1.55 bits per heavy atom. The number of benzene rings is 1. The number of aliphatic hydroxyl groups is 1. The van der Waals surface area contributed by atoms with Gasteiger partial charge >= 0.3 is 0 Å². The van der Waals surface area contributed by atoms with Crippen LogP contribution < -0.4 is 10.5 Å². The minimum absolute atomic E-state index is 0.267. The molecule has 3 N–H and O–H groups in total. The van der Waals surface area contributed by atoms with E-state index < -0.39 is 5.60 Å². The van der Waals surface area contributed by atoms with E-state index in [1.54, 1.807) is 0 Å². The molecule has 0 aromatic heterocycles. The topological polar surface area (TPSA) is 75.8 Å².